The molecule has 0 aliphatic rings. The van der Waals surface area contributed by atoms with Gasteiger partial charge in [0.2, 0.25) is 0 Å². The second-order valence-electron chi connectivity index (χ2n) is 6.50. The molecular formula is C24H23NO4. The molecule has 1 N–H and O–H groups in total. The minimum atomic E-state index is -0.960. The molecule has 3 aromatic carbocycles. The summed E-state index contributed by atoms with van der Waals surface area (Å²) in [5, 5.41) is 2.76. The van der Waals surface area contributed by atoms with E-state index in [0.29, 0.717) is 17.2 Å². The Balaban J connectivity index is 1.65. The van der Waals surface area contributed by atoms with Gasteiger partial charge in [-0.1, -0.05) is 49.4 Å². The lowest BCUT2D eigenvalue weighted by atomic mass is 10.1. The van der Waals surface area contributed by atoms with Crippen molar-refractivity contribution in [2.75, 3.05) is 5.32 Å². The van der Waals surface area contributed by atoms with Crippen molar-refractivity contribution in [1.82, 2.24) is 0 Å². The van der Waals surface area contributed by atoms with E-state index < -0.39 is 18.0 Å². The van der Waals surface area contributed by atoms with Crippen molar-refractivity contribution in [1.29, 1.82) is 0 Å². The van der Waals surface area contributed by atoms with E-state index in [4.69, 9.17) is 9.47 Å². The van der Waals surface area contributed by atoms with Gasteiger partial charge in [-0.2, -0.15) is 0 Å². The van der Waals surface area contributed by atoms with Crippen LogP contribution in [0.25, 0.3) is 0 Å². The summed E-state index contributed by atoms with van der Waals surface area (Å²) < 4.78 is 11.2. The highest BCUT2D eigenvalue weighted by Gasteiger charge is 2.21. The maximum Gasteiger partial charge on any atom is 0.342 e. The van der Waals surface area contributed by atoms with Crippen LogP contribution in [-0.2, 0) is 16.0 Å². The number of hydrogen-bond donors (Lipinski definition) is 1. The molecule has 1 amide bonds. The Labute approximate surface area is 170 Å². The molecule has 0 spiro atoms. The van der Waals surface area contributed by atoms with Gasteiger partial charge in [-0.05, 0) is 55.3 Å². The lowest BCUT2D eigenvalue weighted by molar-refractivity contribution is -0.123. The summed E-state index contributed by atoms with van der Waals surface area (Å²) in [7, 11) is 0. The number of carbonyl (C=O) groups is 2. The molecule has 0 aromatic heterocycles. The zero-order chi connectivity index (χ0) is 20.6. The lowest BCUT2D eigenvalue weighted by Crippen LogP contribution is -2.30. The first-order chi connectivity index (χ1) is 14.1. The van der Waals surface area contributed by atoms with Gasteiger partial charge in [-0.25, -0.2) is 4.79 Å². The van der Waals surface area contributed by atoms with Gasteiger partial charge in [0.25, 0.3) is 5.91 Å². The number of aryl methyl sites for hydroxylation is 1. The van der Waals surface area contributed by atoms with E-state index in [1.165, 1.54) is 12.5 Å². The number of hydrogen-bond acceptors (Lipinski definition) is 4. The zero-order valence-corrected chi connectivity index (χ0v) is 16.4. The van der Waals surface area contributed by atoms with E-state index in [-0.39, 0.29) is 5.56 Å². The van der Waals surface area contributed by atoms with E-state index in [2.05, 4.69) is 12.2 Å². The highest BCUT2D eigenvalue weighted by atomic mass is 16.5. The number of anilines is 1. The average Bonchev–Trinajstić information content (AvgIpc) is 2.75. The maximum absolute atomic E-state index is 12.6. The van der Waals surface area contributed by atoms with Gasteiger partial charge in [0.05, 0.1) is 0 Å². The van der Waals surface area contributed by atoms with Crippen LogP contribution in [-0.4, -0.2) is 18.0 Å². The molecule has 1 atom stereocenters. The van der Waals surface area contributed by atoms with Crippen LogP contribution < -0.4 is 10.1 Å². The van der Waals surface area contributed by atoms with Crippen molar-refractivity contribution in [3.8, 4) is 11.5 Å². The Morgan fingerprint density at radius 2 is 1.55 bits per heavy atom. The summed E-state index contributed by atoms with van der Waals surface area (Å²) in [5.74, 6) is -0.0508. The predicted octanol–water partition coefficient (Wildman–Crippen LogP) is 5.23. The fourth-order valence-corrected chi connectivity index (χ4v) is 2.69. The van der Waals surface area contributed by atoms with Crippen molar-refractivity contribution in [3.63, 3.8) is 0 Å². The Morgan fingerprint density at radius 3 is 2.24 bits per heavy atom. The Hall–Kier alpha value is -3.60. The van der Waals surface area contributed by atoms with Crippen molar-refractivity contribution < 1.29 is 19.1 Å². The predicted molar refractivity (Wildman–Crippen MR) is 112 cm³/mol. The van der Waals surface area contributed by atoms with E-state index in [1.54, 1.807) is 36.4 Å². The van der Waals surface area contributed by atoms with E-state index in [1.807, 2.05) is 42.5 Å². The molecule has 0 saturated carbocycles. The van der Waals surface area contributed by atoms with Crippen LogP contribution in [0, 0.1) is 0 Å². The molecule has 3 aromatic rings. The van der Waals surface area contributed by atoms with Gasteiger partial charge in [0, 0.05) is 5.69 Å². The number of rotatable bonds is 7. The van der Waals surface area contributed by atoms with Crippen molar-refractivity contribution >= 4 is 17.6 Å². The summed E-state index contributed by atoms with van der Waals surface area (Å²) in [6, 6.07) is 23.5. The second kappa shape index (κ2) is 9.55. The summed E-state index contributed by atoms with van der Waals surface area (Å²) >= 11 is 0. The number of benzene rings is 3. The molecule has 29 heavy (non-hydrogen) atoms. The normalized spacial score (nSPS) is 11.4. The summed E-state index contributed by atoms with van der Waals surface area (Å²) in [6.45, 7) is 3.60. The Kier molecular flexibility index (Phi) is 6.63. The lowest BCUT2D eigenvalue weighted by Gasteiger charge is -2.15. The minimum Gasteiger partial charge on any atom is -0.456 e. The quantitative estimate of drug-likeness (QED) is 0.562. The van der Waals surface area contributed by atoms with Crippen molar-refractivity contribution in [2.24, 2.45) is 0 Å². The van der Waals surface area contributed by atoms with Gasteiger partial charge in [0.15, 0.2) is 6.10 Å². The van der Waals surface area contributed by atoms with Crippen LogP contribution in [0.4, 0.5) is 5.69 Å². The van der Waals surface area contributed by atoms with Crippen molar-refractivity contribution in [3.05, 3.63) is 90.0 Å². The number of nitrogens with one attached hydrogen (secondary N) is 1. The molecule has 0 aliphatic heterocycles. The molecule has 5 heteroatoms. The molecule has 0 fully saturated rings. The molecule has 5 nitrogen and oxygen atoms in total. The second-order valence-corrected chi connectivity index (χ2v) is 6.50. The number of esters is 1. The zero-order valence-electron chi connectivity index (χ0n) is 16.4. The summed E-state index contributed by atoms with van der Waals surface area (Å²) in [6.07, 6.45) is -0.0367. The highest BCUT2D eigenvalue weighted by molar-refractivity contribution is 5.98. The molecule has 0 heterocycles. The minimum absolute atomic E-state index is 0.253. The first kappa shape index (κ1) is 20.1. The van der Waals surface area contributed by atoms with Crippen LogP contribution >= 0.6 is 0 Å². The van der Waals surface area contributed by atoms with Gasteiger partial charge in [0.1, 0.15) is 17.1 Å². The first-order valence-corrected chi connectivity index (χ1v) is 9.49. The fraction of sp³-hybridized carbons (Fsp3) is 0.167. The third kappa shape index (κ3) is 5.45. The summed E-state index contributed by atoms with van der Waals surface area (Å²) in [4.78, 5) is 25.0. The van der Waals surface area contributed by atoms with Crippen LogP contribution in [0.3, 0.4) is 0 Å². The van der Waals surface area contributed by atoms with E-state index in [0.717, 1.165) is 6.42 Å². The standard InChI is InChI=1S/C24H23NO4/c1-3-18-13-15-19(16-14-18)25-23(26)17(2)28-24(27)21-11-7-8-12-22(21)29-20-9-5-4-6-10-20/h4-17H,3H2,1-2H3,(H,25,26). The van der Waals surface area contributed by atoms with Crippen LogP contribution in [0.15, 0.2) is 78.9 Å². The largest absolute Gasteiger partial charge is 0.456 e. The number of para-hydroxylation sites is 2. The van der Waals surface area contributed by atoms with Gasteiger partial charge < -0.3 is 14.8 Å². The topological polar surface area (TPSA) is 64.6 Å². The number of amides is 1. The molecule has 0 bridgehead atoms. The molecular weight excluding hydrogens is 366 g/mol. The van der Waals surface area contributed by atoms with Crippen LogP contribution in [0.5, 0.6) is 11.5 Å². The van der Waals surface area contributed by atoms with Gasteiger partial charge >= 0.3 is 5.97 Å². The first-order valence-electron chi connectivity index (χ1n) is 9.49. The molecule has 3 rings (SSSR count). The van der Waals surface area contributed by atoms with E-state index >= 15 is 0 Å². The molecule has 0 radical (unpaired) electrons. The Morgan fingerprint density at radius 1 is 0.897 bits per heavy atom. The number of ether oxygens (including phenoxy) is 2. The molecule has 0 aliphatic carbocycles. The van der Waals surface area contributed by atoms with Gasteiger partial charge in [-0.3, -0.25) is 4.79 Å². The van der Waals surface area contributed by atoms with Crippen LogP contribution in [0.1, 0.15) is 29.8 Å². The van der Waals surface area contributed by atoms with E-state index in [9.17, 15) is 9.59 Å². The fourth-order valence-electron chi connectivity index (χ4n) is 2.69. The van der Waals surface area contributed by atoms with Gasteiger partial charge in [-0.15, -0.1) is 0 Å². The monoisotopic (exact) mass is 389 g/mol. The molecule has 1 unspecified atom stereocenters. The SMILES string of the molecule is CCc1ccc(NC(=O)C(C)OC(=O)c2ccccc2Oc2ccccc2)cc1. The smallest absolute Gasteiger partial charge is 0.342 e. The highest BCUT2D eigenvalue weighted by Crippen LogP contribution is 2.26. The Bertz CT molecular complexity index is 968. The third-order valence-electron chi connectivity index (χ3n) is 4.36. The molecule has 0 saturated heterocycles. The number of carbonyl (C=O) groups excluding carboxylic acids is 2. The molecule has 148 valence electrons. The summed E-state index contributed by atoms with van der Waals surface area (Å²) in [5.41, 5.74) is 2.09. The van der Waals surface area contributed by atoms with Crippen LogP contribution in [0.2, 0.25) is 0 Å². The third-order valence-corrected chi connectivity index (χ3v) is 4.36. The van der Waals surface area contributed by atoms with Crippen molar-refractivity contribution in [2.45, 2.75) is 26.4 Å². The maximum atomic E-state index is 12.6. The average molecular weight is 389 g/mol.